The van der Waals surface area contributed by atoms with E-state index in [1.807, 2.05) is 54.6 Å². The largest absolute Gasteiger partial charge is 0.421 e. The van der Waals surface area contributed by atoms with E-state index < -0.39 is 5.60 Å². The van der Waals surface area contributed by atoms with Crippen LogP contribution in [0.4, 0.5) is 0 Å². The van der Waals surface area contributed by atoms with Crippen LogP contribution in [0.3, 0.4) is 0 Å². The molecule has 2 aromatic carbocycles. The second kappa shape index (κ2) is 7.95. The monoisotopic (exact) mass is 426 g/mol. The molecule has 1 saturated carbocycles. The summed E-state index contributed by atoms with van der Waals surface area (Å²) in [6.45, 7) is 0. The Morgan fingerprint density at radius 1 is 0.963 bits per heavy atom. The number of aliphatic hydroxyl groups is 1. The van der Waals surface area contributed by atoms with E-state index in [2.05, 4.69) is 26.1 Å². The van der Waals surface area contributed by atoms with Gasteiger partial charge in [-0.05, 0) is 36.1 Å². The van der Waals surface area contributed by atoms with Crippen molar-refractivity contribution in [3.05, 3.63) is 82.0 Å². The van der Waals surface area contributed by atoms with Crippen molar-refractivity contribution in [1.29, 1.82) is 0 Å². The lowest BCUT2D eigenvalue weighted by Gasteiger charge is -2.36. The van der Waals surface area contributed by atoms with Crippen LogP contribution < -0.4 is 0 Å². The fourth-order valence-corrected chi connectivity index (χ4v) is 4.27. The zero-order valence-corrected chi connectivity index (χ0v) is 16.7. The fraction of sp³-hybridized carbons (Fsp3) is 0.364. The molecule has 0 unspecified atom stereocenters. The van der Waals surface area contributed by atoms with Crippen LogP contribution in [0.15, 0.2) is 63.5 Å². The van der Waals surface area contributed by atoms with Crippen LogP contribution >= 0.6 is 15.9 Å². The number of nitrogens with zero attached hydrogens (tertiary/aromatic N) is 2. The van der Waals surface area contributed by atoms with Gasteiger partial charge in [-0.25, -0.2) is 0 Å². The van der Waals surface area contributed by atoms with Crippen molar-refractivity contribution in [1.82, 2.24) is 10.2 Å². The SMILES string of the molecule is O[C@](c1ccccc1)(c1nnc(Cc2ccc(Br)cc2)o1)C1CCCCC1. The molecule has 0 amide bonds. The highest BCUT2D eigenvalue weighted by Gasteiger charge is 2.45. The van der Waals surface area contributed by atoms with Crippen LogP contribution in [0.5, 0.6) is 0 Å². The van der Waals surface area contributed by atoms with Crippen molar-refractivity contribution in [2.24, 2.45) is 5.92 Å². The number of benzene rings is 2. The molecule has 1 aliphatic rings. The maximum absolute atomic E-state index is 11.8. The third kappa shape index (κ3) is 3.85. The van der Waals surface area contributed by atoms with E-state index in [-0.39, 0.29) is 5.92 Å². The van der Waals surface area contributed by atoms with Gasteiger partial charge in [0.05, 0.1) is 6.42 Å². The molecule has 3 aromatic rings. The minimum absolute atomic E-state index is 0.0923. The van der Waals surface area contributed by atoms with E-state index in [1.165, 1.54) is 6.42 Å². The summed E-state index contributed by atoms with van der Waals surface area (Å²) in [6, 6.07) is 17.8. The third-order valence-corrected chi connectivity index (χ3v) is 6.00. The fourth-order valence-electron chi connectivity index (χ4n) is 4.00. The Bertz CT molecular complexity index is 873. The summed E-state index contributed by atoms with van der Waals surface area (Å²) in [5.74, 6) is 0.930. The summed E-state index contributed by atoms with van der Waals surface area (Å²) >= 11 is 3.45. The van der Waals surface area contributed by atoms with Crippen LogP contribution in [-0.4, -0.2) is 15.3 Å². The minimum atomic E-state index is -1.23. The molecule has 0 saturated heterocycles. The van der Waals surface area contributed by atoms with E-state index >= 15 is 0 Å². The highest BCUT2D eigenvalue weighted by atomic mass is 79.9. The first-order valence-corrected chi connectivity index (χ1v) is 10.3. The van der Waals surface area contributed by atoms with Crippen molar-refractivity contribution in [2.45, 2.75) is 44.1 Å². The number of halogens is 1. The van der Waals surface area contributed by atoms with E-state index in [0.717, 1.165) is 41.3 Å². The first-order valence-electron chi connectivity index (χ1n) is 9.51. The Kier molecular flexibility index (Phi) is 5.41. The normalized spacial score (nSPS) is 17.6. The Hall–Kier alpha value is -1.98. The van der Waals surface area contributed by atoms with Gasteiger partial charge in [0.2, 0.25) is 5.89 Å². The van der Waals surface area contributed by atoms with Gasteiger partial charge in [-0.2, -0.15) is 0 Å². The molecule has 4 rings (SSSR count). The predicted molar refractivity (Wildman–Crippen MR) is 107 cm³/mol. The molecule has 27 heavy (non-hydrogen) atoms. The lowest BCUT2D eigenvalue weighted by Crippen LogP contribution is -2.38. The van der Waals surface area contributed by atoms with Gasteiger partial charge in [0.1, 0.15) is 0 Å². The zero-order chi connectivity index (χ0) is 18.7. The standard InChI is InChI=1S/C22H23BrN2O2/c23-19-13-11-16(12-14-19)15-20-24-25-21(27-20)22(26,17-7-3-1-4-8-17)18-9-5-2-6-10-18/h1,3-4,7-8,11-14,18,26H,2,5-6,9-10,15H2/t22-/m0/s1. The van der Waals surface area contributed by atoms with Crippen LogP contribution in [0.2, 0.25) is 0 Å². The lowest BCUT2D eigenvalue weighted by molar-refractivity contribution is -0.0239. The molecule has 5 heteroatoms. The molecule has 4 nitrogen and oxygen atoms in total. The van der Waals surface area contributed by atoms with Crippen LogP contribution in [0.1, 0.15) is 55.0 Å². The summed E-state index contributed by atoms with van der Waals surface area (Å²) in [5, 5.41) is 20.3. The van der Waals surface area contributed by atoms with Gasteiger partial charge in [-0.15, -0.1) is 10.2 Å². The quantitative estimate of drug-likeness (QED) is 0.605. The lowest BCUT2D eigenvalue weighted by atomic mass is 9.73. The Morgan fingerprint density at radius 3 is 2.37 bits per heavy atom. The first kappa shape index (κ1) is 18.4. The molecule has 0 spiro atoms. The van der Waals surface area contributed by atoms with Crippen molar-refractivity contribution < 1.29 is 9.52 Å². The topological polar surface area (TPSA) is 59.2 Å². The Balaban J connectivity index is 1.66. The molecule has 1 atom stereocenters. The maximum atomic E-state index is 11.8. The van der Waals surface area contributed by atoms with Crippen molar-refractivity contribution >= 4 is 15.9 Å². The second-order valence-corrected chi connectivity index (χ2v) is 8.19. The number of hydrogen-bond acceptors (Lipinski definition) is 4. The summed E-state index contributed by atoms with van der Waals surface area (Å²) < 4.78 is 7.04. The van der Waals surface area contributed by atoms with Crippen LogP contribution in [0.25, 0.3) is 0 Å². The van der Waals surface area contributed by atoms with Gasteiger partial charge in [0.15, 0.2) is 5.60 Å². The third-order valence-electron chi connectivity index (χ3n) is 5.47. The summed E-state index contributed by atoms with van der Waals surface area (Å²) in [4.78, 5) is 0. The average molecular weight is 427 g/mol. The van der Waals surface area contributed by atoms with Crippen molar-refractivity contribution in [2.75, 3.05) is 0 Å². The predicted octanol–water partition coefficient (Wildman–Crippen LogP) is 5.24. The molecular formula is C22H23BrN2O2. The molecule has 1 heterocycles. The highest BCUT2D eigenvalue weighted by Crippen LogP contribution is 2.43. The molecule has 1 aliphatic carbocycles. The molecule has 1 fully saturated rings. The molecule has 0 radical (unpaired) electrons. The average Bonchev–Trinajstić information content (AvgIpc) is 3.19. The summed E-state index contributed by atoms with van der Waals surface area (Å²) in [6.07, 6.45) is 5.96. The molecule has 140 valence electrons. The molecular weight excluding hydrogens is 404 g/mol. The van der Waals surface area contributed by atoms with Crippen molar-refractivity contribution in [3.8, 4) is 0 Å². The van der Waals surface area contributed by atoms with Gasteiger partial charge >= 0.3 is 0 Å². The van der Waals surface area contributed by atoms with Crippen molar-refractivity contribution in [3.63, 3.8) is 0 Å². The van der Waals surface area contributed by atoms with Gasteiger partial charge in [-0.3, -0.25) is 0 Å². The summed E-state index contributed by atoms with van der Waals surface area (Å²) in [5.41, 5.74) is 0.692. The number of rotatable bonds is 5. The van der Waals surface area contributed by atoms with E-state index in [0.29, 0.717) is 18.2 Å². The first-order chi connectivity index (χ1) is 13.2. The molecule has 0 bridgehead atoms. The number of aromatic nitrogens is 2. The highest BCUT2D eigenvalue weighted by molar-refractivity contribution is 9.10. The van der Waals surface area contributed by atoms with Gasteiger partial charge in [0, 0.05) is 10.4 Å². The second-order valence-electron chi connectivity index (χ2n) is 7.27. The maximum Gasteiger partial charge on any atom is 0.252 e. The Morgan fingerprint density at radius 2 is 1.67 bits per heavy atom. The molecule has 1 aromatic heterocycles. The minimum Gasteiger partial charge on any atom is -0.421 e. The molecule has 0 aliphatic heterocycles. The smallest absolute Gasteiger partial charge is 0.252 e. The van der Waals surface area contributed by atoms with E-state index in [9.17, 15) is 5.11 Å². The van der Waals surface area contributed by atoms with Gasteiger partial charge in [0.25, 0.3) is 5.89 Å². The van der Waals surface area contributed by atoms with E-state index in [1.54, 1.807) is 0 Å². The van der Waals surface area contributed by atoms with Gasteiger partial charge in [-0.1, -0.05) is 77.7 Å². The zero-order valence-electron chi connectivity index (χ0n) is 15.1. The van der Waals surface area contributed by atoms with E-state index in [4.69, 9.17) is 4.42 Å². The Labute approximate surface area is 167 Å². The van der Waals surface area contributed by atoms with Crippen LogP contribution in [0, 0.1) is 5.92 Å². The summed E-state index contributed by atoms with van der Waals surface area (Å²) in [7, 11) is 0. The number of hydrogen-bond donors (Lipinski definition) is 1. The molecule has 1 N–H and O–H groups in total. The van der Waals surface area contributed by atoms with Gasteiger partial charge < -0.3 is 9.52 Å². The van der Waals surface area contributed by atoms with Crippen LogP contribution in [-0.2, 0) is 12.0 Å².